The van der Waals surface area contributed by atoms with Crippen molar-refractivity contribution in [3.05, 3.63) is 11.6 Å². The first kappa shape index (κ1) is 13.7. The fourth-order valence-electron chi connectivity index (χ4n) is 2.55. The van der Waals surface area contributed by atoms with Gasteiger partial charge in [-0.05, 0) is 60.7 Å². The van der Waals surface area contributed by atoms with Gasteiger partial charge in [0.1, 0.15) is 0 Å². The summed E-state index contributed by atoms with van der Waals surface area (Å²) < 4.78 is 0. The molecule has 94 valence electrons. The number of hydrogen-bond acceptors (Lipinski definition) is 2. The van der Waals surface area contributed by atoms with Crippen molar-refractivity contribution in [3.8, 4) is 0 Å². The van der Waals surface area contributed by atoms with Crippen LogP contribution in [-0.4, -0.2) is 37.6 Å². The summed E-state index contributed by atoms with van der Waals surface area (Å²) in [6.45, 7) is 4.64. The van der Waals surface area contributed by atoms with Crippen molar-refractivity contribution in [2.75, 3.05) is 21.1 Å². The molecule has 0 aliphatic heterocycles. The van der Waals surface area contributed by atoms with Crippen molar-refractivity contribution < 1.29 is 0 Å². The van der Waals surface area contributed by atoms with Crippen LogP contribution in [0.25, 0.3) is 0 Å². The quantitative estimate of drug-likeness (QED) is 0.739. The van der Waals surface area contributed by atoms with Gasteiger partial charge in [0.25, 0.3) is 0 Å². The number of likely N-dealkylation sites (N-methyl/N-ethyl adjacent to an activating group) is 2. The molecule has 0 bridgehead atoms. The lowest BCUT2D eigenvalue weighted by Crippen LogP contribution is -2.55. The lowest BCUT2D eigenvalue weighted by molar-refractivity contribution is 0.156. The largest absolute Gasteiger partial charge is 0.312 e. The maximum atomic E-state index is 3.51. The highest BCUT2D eigenvalue weighted by molar-refractivity contribution is 5.18. The summed E-state index contributed by atoms with van der Waals surface area (Å²) in [6, 6.07) is 0.473. The van der Waals surface area contributed by atoms with E-state index in [2.05, 4.69) is 51.3 Å². The van der Waals surface area contributed by atoms with Gasteiger partial charge in [-0.2, -0.15) is 0 Å². The zero-order valence-electron chi connectivity index (χ0n) is 11.6. The van der Waals surface area contributed by atoms with Crippen LogP contribution in [0.3, 0.4) is 0 Å². The fraction of sp³-hybridized carbons (Fsp3) is 0.857. The molecule has 16 heavy (non-hydrogen) atoms. The van der Waals surface area contributed by atoms with Crippen LogP contribution in [0.5, 0.6) is 0 Å². The molecule has 0 saturated carbocycles. The molecule has 1 unspecified atom stereocenters. The van der Waals surface area contributed by atoms with Gasteiger partial charge >= 0.3 is 0 Å². The normalized spacial score (nSPS) is 20.5. The minimum Gasteiger partial charge on any atom is -0.312 e. The molecule has 0 spiro atoms. The summed E-state index contributed by atoms with van der Waals surface area (Å²) in [5.41, 5.74) is 1.78. The molecule has 0 aromatic rings. The molecule has 0 fully saturated rings. The van der Waals surface area contributed by atoms with Gasteiger partial charge in [-0.3, -0.25) is 0 Å². The van der Waals surface area contributed by atoms with E-state index in [0.717, 1.165) is 0 Å². The molecular formula is C14H28N2. The molecule has 2 nitrogen and oxygen atoms in total. The van der Waals surface area contributed by atoms with E-state index in [1.165, 1.54) is 32.1 Å². The Kier molecular flexibility index (Phi) is 5.00. The Bertz CT molecular complexity index is 241. The van der Waals surface area contributed by atoms with E-state index >= 15 is 0 Å². The molecule has 0 aromatic heterocycles. The molecule has 1 aliphatic rings. The fourth-order valence-corrected chi connectivity index (χ4v) is 2.55. The number of allylic oxidation sites excluding steroid dienone is 1. The molecule has 0 aromatic carbocycles. The predicted molar refractivity (Wildman–Crippen MR) is 71.8 cm³/mol. The Balaban J connectivity index is 2.83. The van der Waals surface area contributed by atoms with E-state index in [4.69, 9.17) is 0 Å². The zero-order chi connectivity index (χ0) is 12.2. The monoisotopic (exact) mass is 224 g/mol. The van der Waals surface area contributed by atoms with Gasteiger partial charge in [-0.25, -0.2) is 0 Å². The van der Waals surface area contributed by atoms with Gasteiger partial charge in [0.15, 0.2) is 0 Å². The van der Waals surface area contributed by atoms with Gasteiger partial charge in [0.05, 0.1) is 0 Å². The molecular weight excluding hydrogens is 196 g/mol. The molecule has 0 heterocycles. The number of rotatable bonds is 4. The van der Waals surface area contributed by atoms with Crippen LogP contribution in [0.2, 0.25) is 0 Å². The minimum atomic E-state index is 0.172. The lowest BCUT2D eigenvalue weighted by Gasteiger charge is -2.41. The summed E-state index contributed by atoms with van der Waals surface area (Å²) in [4.78, 5) is 2.32. The first-order valence-corrected chi connectivity index (χ1v) is 6.53. The van der Waals surface area contributed by atoms with Crippen LogP contribution in [-0.2, 0) is 0 Å². The van der Waals surface area contributed by atoms with Crippen LogP contribution < -0.4 is 5.32 Å². The number of hydrogen-bond donors (Lipinski definition) is 1. The summed E-state index contributed by atoms with van der Waals surface area (Å²) >= 11 is 0. The van der Waals surface area contributed by atoms with E-state index in [-0.39, 0.29) is 5.54 Å². The number of nitrogens with zero attached hydrogens (tertiary/aromatic N) is 1. The smallest absolute Gasteiger partial charge is 0.0458 e. The summed E-state index contributed by atoms with van der Waals surface area (Å²) in [6.07, 6.45) is 9.11. The van der Waals surface area contributed by atoms with E-state index in [0.29, 0.717) is 6.04 Å². The first-order valence-electron chi connectivity index (χ1n) is 6.53. The highest BCUT2D eigenvalue weighted by Crippen LogP contribution is 2.27. The minimum absolute atomic E-state index is 0.172. The van der Waals surface area contributed by atoms with Crippen LogP contribution in [0, 0.1) is 0 Å². The molecule has 1 N–H and O–H groups in total. The third kappa shape index (κ3) is 3.08. The lowest BCUT2D eigenvalue weighted by atomic mass is 9.85. The highest BCUT2D eigenvalue weighted by Gasteiger charge is 2.32. The van der Waals surface area contributed by atoms with Crippen LogP contribution in [0.1, 0.15) is 46.0 Å². The van der Waals surface area contributed by atoms with E-state index in [9.17, 15) is 0 Å². The van der Waals surface area contributed by atoms with Crippen molar-refractivity contribution in [1.29, 1.82) is 0 Å². The Morgan fingerprint density at radius 3 is 2.50 bits per heavy atom. The topological polar surface area (TPSA) is 15.3 Å². The van der Waals surface area contributed by atoms with Crippen molar-refractivity contribution in [2.24, 2.45) is 0 Å². The zero-order valence-corrected chi connectivity index (χ0v) is 11.6. The summed E-state index contributed by atoms with van der Waals surface area (Å²) in [5.74, 6) is 0. The van der Waals surface area contributed by atoms with Gasteiger partial charge in [0, 0.05) is 11.6 Å². The van der Waals surface area contributed by atoms with Crippen LogP contribution in [0.15, 0.2) is 11.6 Å². The van der Waals surface area contributed by atoms with E-state index in [1.807, 2.05) is 0 Å². The Morgan fingerprint density at radius 2 is 1.94 bits per heavy atom. The first-order chi connectivity index (χ1) is 7.50. The average molecular weight is 224 g/mol. The molecule has 1 aliphatic carbocycles. The number of nitrogens with one attached hydrogen (secondary N) is 1. The second-order valence-corrected chi connectivity index (χ2v) is 5.65. The molecule has 0 amide bonds. The van der Waals surface area contributed by atoms with Gasteiger partial charge in [-0.1, -0.05) is 18.1 Å². The molecule has 0 saturated heterocycles. The second-order valence-electron chi connectivity index (χ2n) is 5.65. The van der Waals surface area contributed by atoms with Crippen molar-refractivity contribution >= 4 is 0 Å². The maximum Gasteiger partial charge on any atom is 0.0458 e. The molecule has 2 heteroatoms. The van der Waals surface area contributed by atoms with E-state index in [1.54, 1.807) is 5.57 Å². The predicted octanol–water partition coefficient (Wildman–Crippen LogP) is 2.81. The van der Waals surface area contributed by atoms with Crippen LogP contribution >= 0.6 is 0 Å². The molecule has 1 atom stereocenters. The average Bonchev–Trinajstić information content (AvgIpc) is 2.47. The Labute approximate surface area is 101 Å². The summed E-state index contributed by atoms with van der Waals surface area (Å²) in [5, 5.41) is 3.51. The summed E-state index contributed by atoms with van der Waals surface area (Å²) in [7, 11) is 6.42. The highest BCUT2D eigenvalue weighted by atomic mass is 15.2. The van der Waals surface area contributed by atoms with Gasteiger partial charge < -0.3 is 10.2 Å². The standard InChI is InChI=1S/C14H28N2/c1-14(2,16(4)5)13(15-3)12-10-8-6-7-9-11-12/h10,13,15H,6-9,11H2,1-5H3. The second kappa shape index (κ2) is 5.83. The Hall–Kier alpha value is -0.340. The van der Waals surface area contributed by atoms with Gasteiger partial charge in [0.2, 0.25) is 0 Å². The molecule has 0 radical (unpaired) electrons. The maximum absolute atomic E-state index is 3.51. The van der Waals surface area contributed by atoms with Crippen molar-refractivity contribution in [2.45, 2.75) is 57.5 Å². The third-order valence-corrected chi connectivity index (χ3v) is 4.09. The SMILES string of the molecule is CNC(C1=CCCCCC1)C(C)(C)N(C)C. The van der Waals surface area contributed by atoms with Crippen molar-refractivity contribution in [3.63, 3.8) is 0 Å². The van der Waals surface area contributed by atoms with Gasteiger partial charge in [-0.15, -0.1) is 0 Å². The van der Waals surface area contributed by atoms with Crippen molar-refractivity contribution in [1.82, 2.24) is 10.2 Å². The van der Waals surface area contributed by atoms with E-state index < -0.39 is 0 Å². The van der Waals surface area contributed by atoms with Crippen LogP contribution in [0.4, 0.5) is 0 Å². The molecule has 1 rings (SSSR count). The third-order valence-electron chi connectivity index (χ3n) is 4.09. The Morgan fingerprint density at radius 1 is 1.25 bits per heavy atom.